The van der Waals surface area contributed by atoms with E-state index in [9.17, 15) is 0 Å². The third kappa shape index (κ3) is 2.72. The fourth-order valence-corrected chi connectivity index (χ4v) is 2.26. The minimum atomic E-state index is 0.829. The summed E-state index contributed by atoms with van der Waals surface area (Å²) in [6, 6.07) is 14.6. The highest BCUT2D eigenvalue weighted by atomic mass is 79.9. The van der Waals surface area contributed by atoms with Gasteiger partial charge in [0.15, 0.2) is 0 Å². The maximum absolute atomic E-state index is 4.51. The minimum Gasteiger partial charge on any atom is -0.326 e. The van der Waals surface area contributed by atoms with Crippen molar-refractivity contribution in [2.45, 2.75) is 12.8 Å². The van der Waals surface area contributed by atoms with Crippen LogP contribution < -0.4 is 4.90 Å². The van der Waals surface area contributed by atoms with Crippen LogP contribution in [0.2, 0.25) is 0 Å². The molecule has 1 fully saturated rings. The van der Waals surface area contributed by atoms with Gasteiger partial charge in [-0.05, 0) is 59.0 Å². The van der Waals surface area contributed by atoms with Gasteiger partial charge in [0.2, 0.25) is 0 Å². The minimum absolute atomic E-state index is 0.829. The summed E-state index contributed by atoms with van der Waals surface area (Å²) in [7, 11) is 0. The Morgan fingerprint density at radius 3 is 2.50 bits per heavy atom. The van der Waals surface area contributed by atoms with Crippen LogP contribution in [0.3, 0.4) is 0 Å². The van der Waals surface area contributed by atoms with Gasteiger partial charge in [0.05, 0.1) is 0 Å². The lowest BCUT2D eigenvalue weighted by Crippen LogP contribution is -2.20. The molecule has 0 amide bonds. The summed E-state index contributed by atoms with van der Waals surface area (Å²) in [5.74, 6) is 1.85. The largest absolute Gasteiger partial charge is 0.326 e. The maximum atomic E-state index is 4.51. The maximum Gasteiger partial charge on any atom is 0.132 e. The highest BCUT2D eigenvalue weighted by Crippen LogP contribution is 2.34. The number of hydrogen-bond acceptors (Lipinski definition) is 2. The van der Waals surface area contributed by atoms with E-state index in [0.29, 0.717) is 0 Å². The number of rotatable bonds is 4. The Balaban J connectivity index is 1.91. The number of anilines is 2. The molecule has 1 aromatic heterocycles. The molecule has 0 saturated heterocycles. The van der Waals surface area contributed by atoms with Crippen molar-refractivity contribution in [2.24, 2.45) is 5.92 Å². The molecule has 2 nitrogen and oxygen atoms in total. The molecule has 0 N–H and O–H groups in total. The second-order valence-corrected chi connectivity index (χ2v) is 5.64. The van der Waals surface area contributed by atoms with E-state index in [1.54, 1.807) is 0 Å². The fourth-order valence-electron chi connectivity index (χ4n) is 2.03. The Kier molecular flexibility index (Phi) is 3.33. The van der Waals surface area contributed by atoms with E-state index in [4.69, 9.17) is 0 Å². The van der Waals surface area contributed by atoms with E-state index in [-0.39, 0.29) is 0 Å². The first-order valence-electron chi connectivity index (χ1n) is 6.27. The Morgan fingerprint density at radius 2 is 1.89 bits per heavy atom. The first-order valence-corrected chi connectivity index (χ1v) is 7.06. The predicted molar refractivity (Wildman–Crippen MR) is 78.1 cm³/mol. The summed E-state index contributed by atoms with van der Waals surface area (Å²) < 4.78 is 1.02. The van der Waals surface area contributed by atoms with E-state index in [0.717, 1.165) is 22.8 Å². The highest BCUT2D eigenvalue weighted by molar-refractivity contribution is 9.10. The molecule has 1 heterocycles. The van der Waals surface area contributed by atoms with Gasteiger partial charge in [-0.1, -0.05) is 18.2 Å². The molecule has 92 valence electrons. The molecule has 2 aromatic rings. The van der Waals surface area contributed by atoms with E-state index in [2.05, 4.69) is 56.1 Å². The van der Waals surface area contributed by atoms with Crippen molar-refractivity contribution in [1.82, 2.24) is 4.98 Å². The van der Waals surface area contributed by atoms with Gasteiger partial charge in [-0.25, -0.2) is 4.98 Å². The van der Waals surface area contributed by atoms with Gasteiger partial charge in [-0.2, -0.15) is 0 Å². The molecule has 18 heavy (non-hydrogen) atoms. The van der Waals surface area contributed by atoms with Crippen molar-refractivity contribution in [3.05, 3.63) is 53.1 Å². The number of aromatic nitrogens is 1. The van der Waals surface area contributed by atoms with Crippen LogP contribution >= 0.6 is 15.9 Å². The van der Waals surface area contributed by atoms with Crippen LogP contribution in [0.1, 0.15) is 12.8 Å². The molecular formula is C15H15BrN2. The Morgan fingerprint density at radius 1 is 1.11 bits per heavy atom. The van der Waals surface area contributed by atoms with E-state index < -0.39 is 0 Å². The average Bonchev–Trinajstić information content (AvgIpc) is 3.22. The predicted octanol–water partition coefficient (Wildman–Crippen LogP) is 4.39. The number of benzene rings is 1. The first-order chi connectivity index (χ1) is 8.83. The lowest BCUT2D eigenvalue weighted by Gasteiger charge is -2.23. The molecule has 0 unspecified atom stereocenters. The molecule has 1 aromatic carbocycles. The second-order valence-electron chi connectivity index (χ2n) is 4.72. The molecule has 0 atom stereocenters. The zero-order chi connectivity index (χ0) is 12.4. The Labute approximate surface area is 116 Å². The van der Waals surface area contributed by atoms with Crippen LogP contribution in [0.15, 0.2) is 53.1 Å². The molecule has 3 heteroatoms. The summed E-state index contributed by atoms with van der Waals surface area (Å²) in [5, 5.41) is 0. The van der Waals surface area contributed by atoms with Crippen LogP contribution in [0.25, 0.3) is 0 Å². The summed E-state index contributed by atoms with van der Waals surface area (Å²) in [6.07, 6.45) is 4.55. The smallest absolute Gasteiger partial charge is 0.132 e. The molecular weight excluding hydrogens is 288 g/mol. The van der Waals surface area contributed by atoms with E-state index in [1.165, 1.54) is 18.5 Å². The topological polar surface area (TPSA) is 16.1 Å². The summed E-state index contributed by atoms with van der Waals surface area (Å²) in [4.78, 5) is 6.82. The third-order valence-corrected chi connectivity index (χ3v) is 3.66. The molecule has 1 saturated carbocycles. The van der Waals surface area contributed by atoms with Gasteiger partial charge in [-0.3, -0.25) is 0 Å². The van der Waals surface area contributed by atoms with Gasteiger partial charge in [0.25, 0.3) is 0 Å². The van der Waals surface area contributed by atoms with Crippen molar-refractivity contribution in [3.63, 3.8) is 0 Å². The fraction of sp³-hybridized carbons (Fsp3) is 0.267. The number of halogens is 1. The molecule has 0 bridgehead atoms. The lowest BCUT2D eigenvalue weighted by atomic mass is 10.2. The monoisotopic (exact) mass is 302 g/mol. The van der Waals surface area contributed by atoms with Gasteiger partial charge in [0, 0.05) is 22.9 Å². The van der Waals surface area contributed by atoms with Crippen molar-refractivity contribution in [2.75, 3.05) is 11.4 Å². The number of pyridine rings is 1. The summed E-state index contributed by atoms with van der Waals surface area (Å²) >= 11 is 3.43. The number of para-hydroxylation sites is 1. The third-order valence-electron chi connectivity index (χ3n) is 3.19. The van der Waals surface area contributed by atoms with Gasteiger partial charge in [0.1, 0.15) is 5.82 Å². The SMILES string of the molecule is Brc1ccc(N(CC2CC2)c2ccccc2)nc1. The summed E-state index contributed by atoms with van der Waals surface area (Å²) in [6.45, 7) is 1.07. The van der Waals surface area contributed by atoms with Crippen molar-refractivity contribution < 1.29 is 0 Å². The standard InChI is InChI=1S/C15H15BrN2/c16-13-8-9-15(17-10-13)18(11-12-6-7-12)14-4-2-1-3-5-14/h1-5,8-10,12H,6-7,11H2. The highest BCUT2D eigenvalue weighted by Gasteiger charge is 2.25. The molecule has 1 aliphatic rings. The zero-order valence-electron chi connectivity index (χ0n) is 10.1. The van der Waals surface area contributed by atoms with Crippen molar-refractivity contribution in [3.8, 4) is 0 Å². The Bertz CT molecular complexity index is 506. The van der Waals surface area contributed by atoms with Gasteiger partial charge < -0.3 is 4.90 Å². The quantitative estimate of drug-likeness (QED) is 0.832. The summed E-state index contributed by atoms with van der Waals surface area (Å²) in [5.41, 5.74) is 1.22. The van der Waals surface area contributed by atoms with Crippen LogP contribution in [0.4, 0.5) is 11.5 Å². The first kappa shape index (κ1) is 11.7. The molecule has 0 spiro atoms. The number of nitrogens with zero attached hydrogens (tertiary/aromatic N) is 2. The van der Waals surface area contributed by atoms with E-state index >= 15 is 0 Å². The van der Waals surface area contributed by atoms with Gasteiger partial charge in [-0.15, -0.1) is 0 Å². The van der Waals surface area contributed by atoms with Crippen LogP contribution in [0.5, 0.6) is 0 Å². The van der Waals surface area contributed by atoms with Crippen LogP contribution in [0, 0.1) is 5.92 Å². The lowest BCUT2D eigenvalue weighted by molar-refractivity contribution is 0.804. The van der Waals surface area contributed by atoms with Crippen molar-refractivity contribution >= 4 is 27.4 Å². The van der Waals surface area contributed by atoms with Gasteiger partial charge >= 0.3 is 0 Å². The molecule has 3 rings (SSSR count). The zero-order valence-corrected chi connectivity index (χ0v) is 11.7. The van der Waals surface area contributed by atoms with Crippen LogP contribution in [-0.4, -0.2) is 11.5 Å². The molecule has 0 aliphatic heterocycles. The van der Waals surface area contributed by atoms with E-state index in [1.807, 2.05) is 18.3 Å². The normalized spacial score (nSPS) is 14.5. The number of hydrogen-bond donors (Lipinski definition) is 0. The molecule has 1 aliphatic carbocycles. The second kappa shape index (κ2) is 5.11. The van der Waals surface area contributed by atoms with Crippen molar-refractivity contribution in [1.29, 1.82) is 0 Å². The Hall–Kier alpha value is -1.35. The van der Waals surface area contributed by atoms with Crippen LogP contribution in [-0.2, 0) is 0 Å². The molecule has 0 radical (unpaired) electrons. The average molecular weight is 303 g/mol.